The second kappa shape index (κ2) is 5.72. The fourth-order valence-electron chi connectivity index (χ4n) is 3.06. The summed E-state index contributed by atoms with van der Waals surface area (Å²) in [5, 5.41) is 0. The first-order chi connectivity index (χ1) is 10.2. The van der Waals surface area contributed by atoms with Crippen molar-refractivity contribution in [2.75, 3.05) is 19.6 Å². The second-order valence-corrected chi connectivity index (χ2v) is 5.68. The largest absolute Gasteiger partial charge is 0.341 e. The topological polar surface area (TPSA) is 40.6 Å². The molecule has 4 nitrogen and oxygen atoms in total. The molecule has 110 valence electrons. The van der Waals surface area contributed by atoms with Crippen molar-refractivity contribution < 1.29 is 9.59 Å². The average molecular weight is 284 g/mol. The summed E-state index contributed by atoms with van der Waals surface area (Å²) in [6, 6.07) is 7.40. The zero-order valence-corrected chi connectivity index (χ0v) is 12.2. The van der Waals surface area contributed by atoms with Crippen LogP contribution in [0.25, 0.3) is 5.70 Å². The van der Waals surface area contributed by atoms with Gasteiger partial charge in [0.25, 0.3) is 5.91 Å². The highest BCUT2D eigenvalue weighted by Crippen LogP contribution is 2.30. The highest BCUT2D eigenvalue weighted by Gasteiger charge is 2.32. The van der Waals surface area contributed by atoms with E-state index in [2.05, 4.69) is 6.58 Å². The van der Waals surface area contributed by atoms with Gasteiger partial charge in [0.05, 0.1) is 0 Å². The summed E-state index contributed by atoms with van der Waals surface area (Å²) >= 11 is 0. The fourth-order valence-corrected chi connectivity index (χ4v) is 3.06. The molecule has 2 amide bonds. The third kappa shape index (κ3) is 2.58. The monoisotopic (exact) mass is 284 g/mol. The molecule has 3 rings (SSSR count). The van der Waals surface area contributed by atoms with Crippen LogP contribution in [-0.2, 0) is 4.79 Å². The van der Waals surface area contributed by atoms with Crippen LogP contribution in [0.1, 0.15) is 41.6 Å². The van der Waals surface area contributed by atoms with Gasteiger partial charge in [-0.05, 0) is 18.9 Å². The lowest BCUT2D eigenvalue weighted by molar-refractivity contribution is -0.131. The van der Waals surface area contributed by atoms with E-state index in [1.165, 1.54) is 17.7 Å². The molecule has 1 fully saturated rings. The minimum atomic E-state index is -0.112. The van der Waals surface area contributed by atoms with Crippen molar-refractivity contribution in [2.45, 2.75) is 25.7 Å². The van der Waals surface area contributed by atoms with Crippen molar-refractivity contribution in [1.82, 2.24) is 9.80 Å². The summed E-state index contributed by atoms with van der Waals surface area (Å²) in [4.78, 5) is 28.2. The van der Waals surface area contributed by atoms with Crippen LogP contribution in [0.3, 0.4) is 0 Å². The van der Waals surface area contributed by atoms with E-state index >= 15 is 0 Å². The molecule has 0 bridgehead atoms. The number of carbonyl (C=O) groups excluding carboxylic acids is 2. The number of hydrogen-bond donors (Lipinski definition) is 0. The quantitative estimate of drug-likeness (QED) is 0.837. The molecule has 2 aliphatic heterocycles. The third-order valence-corrected chi connectivity index (χ3v) is 4.29. The number of hydrogen-bond acceptors (Lipinski definition) is 2. The lowest BCUT2D eigenvalue weighted by Crippen LogP contribution is -2.40. The number of amides is 2. The minimum absolute atomic E-state index is 0.0270. The van der Waals surface area contributed by atoms with Crippen LogP contribution < -0.4 is 0 Å². The Morgan fingerprint density at radius 1 is 1.05 bits per heavy atom. The molecular weight excluding hydrogens is 264 g/mol. The van der Waals surface area contributed by atoms with Crippen molar-refractivity contribution in [3.05, 3.63) is 42.0 Å². The summed E-state index contributed by atoms with van der Waals surface area (Å²) in [7, 11) is 0. The van der Waals surface area contributed by atoms with E-state index < -0.39 is 0 Å². The second-order valence-electron chi connectivity index (χ2n) is 5.68. The van der Waals surface area contributed by atoms with Crippen LogP contribution in [0.4, 0.5) is 0 Å². The number of carbonyl (C=O) groups is 2. The third-order valence-electron chi connectivity index (χ3n) is 4.29. The molecule has 21 heavy (non-hydrogen) atoms. The summed E-state index contributed by atoms with van der Waals surface area (Å²) < 4.78 is 0. The lowest BCUT2D eigenvalue weighted by atomic mass is 10.1. The van der Waals surface area contributed by atoms with Gasteiger partial charge in [0.2, 0.25) is 5.91 Å². The van der Waals surface area contributed by atoms with Gasteiger partial charge in [-0.1, -0.05) is 37.6 Å². The molecule has 4 heteroatoms. The summed E-state index contributed by atoms with van der Waals surface area (Å²) in [5.74, 6) is -0.0852. The van der Waals surface area contributed by atoms with Gasteiger partial charge in [-0.15, -0.1) is 0 Å². The number of likely N-dealkylation sites (tertiary alicyclic amines) is 1. The van der Waals surface area contributed by atoms with Gasteiger partial charge in [0, 0.05) is 29.9 Å². The maximum atomic E-state index is 12.4. The molecule has 1 saturated heterocycles. The molecular formula is C17H20N2O2. The first-order valence-electron chi connectivity index (χ1n) is 7.56. The van der Waals surface area contributed by atoms with E-state index in [4.69, 9.17) is 0 Å². The molecule has 0 radical (unpaired) electrons. The van der Waals surface area contributed by atoms with Gasteiger partial charge < -0.3 is 4.90 Å². The predicted octanol–water partition coefficient (Wildman–Crippen LogP) is 2.52. The van der Waals surface area contributed by atoms with Crippen LogP contribution in [-0.4, -0.2) is 41.2 Å². The highest BCUT2D eigenvalue weighted by atomic mass is 16.2. The summed E-state index contributed by atoms with van der Waals surface area (Å²) in [6.45, 7) is 5.69. The minimum Gasteiger partial charge on any atom is -0.341 e. The molecule has 0 aromatic heterocycles. The van der Waals surface area contributed by atoms with Crippen LogP contribution >= 0.6 is 0 Å². The normalized spacial score (nSPS) is 18.7. The van der Waals surface area contributed by atoms with E-state index in [1.54, 1.807) is 6.07 Å². The number of rotatable bonds is 2. The molecule has 0 saturated carbocycles. The number of benzene rings is 1. The van der Waals surface area contributed by atoms with Gasteiger partial charge in [0.15, 0.2) is 0 Å². The fraction of sp³-hybridized carbons (Fsp3) is 0.412. The van der Waals surface area contributed by atoms with Crippen molar-refractivity contribution in [3.8, 4) is 0 Å². The van der Waals surface area contributed by atoms with Crippen LogP contribution in [0, 0.1) is 0 Å². The Bertz CT molecular complexity index is 551. The molecule has 2 heterocycles. The Kier molecular flexibility index (Phi) is 3.78. The molecule has 0 aliphatic carbocycles. The average Bonchev–Trinajstić information content (AvgIpc) is 2.72. The Morgan fingerprint density at radius 3 is 2.29 bits per heavy atom. The van der Waals surface area contributed by atoms with Crippen molar-refractivity contribution in [3.63, 3.8) is 0 Å². The SMILES string of the molecule is C=C1c2ccccc2C(=O)N1CC(=O)N1CCCCCC1. The lowest BCUT2D eigenvalue weighted by Gasteiger charge is -2.24. The van der Waals surface area contributed by atoms with E-state index in [0.29, 0.717) is 11.3 Å². The zero-order valence-electron chi connectivity index (χ0n) is 12.2. The van der Waals surface area contributed by atoms with E-state index in [1.807, 2.05) is 23.1 Å². The van der Waals surface area contributed by atoms with E-state index in [0.717, 1.165) is 31.5 Å². The highest BCUT2D eigenvalue weighted by molar-refractivity contribution is 6.10. The Hall–Kier alpha value is -2.10. The zero-order chi connectivity index (χ0) is 14.8. The van der Waals surface area contributed by atoms with Crippen LogP contribution in [0.15, 0.2) is 30.8 Å². The Morgan fingerprint density at radius 2 is 1.67 bits per heavy atom. The van der Waals surface area contributed by atoms with Crippen LogP contribution in [0.5, 0.6) is 0 Å². The molecule has 0 N–H and O–H groups in total. The predicted molar refractivity (Wildman–Crippen MR) is 81.6 cm³/mol. The first kappa shape index (κ1) is 13.9. The summed E-state index contributed by atoms with van der Waals surface area (Å²) in [5.41, 5.74) is 2.12. The van der Waals surface area contributed by atoms with Crippen LogP contribution in [0.2, 0.25) is 0 Å². The number of fused-ring (bicyclic) bond motifs is 1. The first-order valence-corrected chi connectivity index (χ1v) is 7.56. The van der Waals surface area contributed by atoms with E-state index in [-0.39, 0.29) is 18.4 Å². The van der Waals surface area contributed by atoms with Crippen molar-refractivity contribution >= 4 is 17.5 Å². The smallest absolute Gasteiger partial charge is 0.259 e. The van der Waals surface area contributed by atoms with Crippen molar-refractivity contribution in [2.24, 2.45) is 0 Å². The molecule has 0 unspecified atom stereocenters. The molecule has 1 aromatic carbocycles. The molecule has 1 aromatic rings. The standard InChI is InChI=1S/C17H20N2O2/c1-13-14-8-4-5-9-15(14)17(21)19(13)12-16(20)18-10-6-2-3-7-11-18/h4-5,8-9H,1-3,6-7,10-12H2. The molecule has 2 aliphatic rings. The van der Waals surface area contributed by atoms with E-state index in [9.17, 15) is 9.59 Å². The molecule has 0 spiro atoms. The van der Waals surface area contributed by atoms with Gasteiger partial charge in [-0.25, -0.2) is 0 Å². The van der Waals surface area contributed by atoms with Gasteiger partial charge in [-0.2, -0.15) is 0 Å². The van der Waals surface area contributed by atoms with Gasteiger partial charge in [-0.3, -0.25) is 14.5 Å². The van der Waals surface area contributed by atoms with Gasteiger partial charge >= 0.3 is 0 Å². The van der Waals surface area contributed by atoms with Gasteiger partial charge in [0.1, 0.15) is 6.54 Å². The summed E-state index contributed by atoms with van der Waals surface area (Å²) in [6.07, 6.45) is 4.48. The molecule has 0 atom stereocenters. The maximum Gasteiger partial charge on any atom is 0.259 e. The maximum absolute atomic E-state index is 12.4. The Labute approximate surface area is 125 Å². The van der Waals surface area contributed by atoms with Crippen molar-refractivity contribution in [1.29, 1.82) is 0 Å². The number of nitrogens with zero attached hydrogens (tertiary/aromatic N) is 2. The Balaban J connectivity index is 1.72.